The zero-order chi connectivity index (χ0) is 19.9. The topological polar surface area (TPSA) is 44.8 Å². The molecule has 4 atom stereocenters. The molecule has 1 spiro atoms. The maximum Gasteiger partial charge on any atom is 0.340 e. The van der Waals surface area contributed by atoms with Crippen molar-refractivity contribution in [3.63, 3.8) is 0 Å². The molecule has 2 saturated carbocycles. The molecule has 4 rings (SSSR count). The molecule has 4 nitrogen and oxygen atoms in total. The van der Waals surface area contributed by atoms with E-state index in [0.717, 1.165) is 38.5 Å². The molecule has 2 aliphatic carbocycles. The lowest BCUT2D eigenvalue weighted by atomic mass is 9.75. The summed E-state index contributed by atoms with van der Waals surface area (Å²) in [7, 11) is 0. The van der Waals surface area contributed by atoms with Crippen molar-refractivity contribution >= 4 is 17.6 Å². The molecule has 0 N–H and O–H groups in total. The number of hydrogen-bond acceptors (Lipinski definition) is 4. The van der Waals surface area contributed by atoms with E-state index in [-0.39, 0.29) is 12.1 Å². The highest BCUT2D eigenvalue weighted by Crippen LogP contribution is 2.49. The van der Waals surface area contributed by atoms with Gasteiger partial charge in [0.2, 0.25) is 5.79 Å². The van der Waals surface area contributed by atoms with Gasteiger partial charge in [-0.05, 0) is 49.5 Å². The maximum atomic E-state index is 13.3. The van der Waals surface area contributed by atoms with Crippen LogP contribution in [0, 0.1) is 17.8 Å². The number of benzene rings is 1. The predicted octanol–water partition coefficient (Wildman–Crippen LogP) is 6.06. The number of halogens is 1. The van der Waals surface area contributed by atoms with Crippen LogP contribution in [-0.2, 0) is 14.3 Å². The minimum absolute atomic E-state index is 0.0511. The number of ether oxygens (including phenoxy) is 3. The van der Waals surface area contributed by atoms with Crippen molar-refractivity contribution < 1.29 is 19.0 Å². The summed E-state index contributed by atoms with van der Waals surface area (Å²) in [5.41, 5.74) is 0.681. The van der Waals surface area contributed by atoms with Gasteiger partial charge in [0.25, 0.3) is 0 Å². The molecule has 0 aromatic heterocycles. The Balaban J connectivity index is 1.60. The van der Waals surface area contributed by atoms with Crippen LogP contribution in [0.4, 0.5) is 0 Å². The van der Waals surface area contributed by atoms with Crippen molar-refractivity contribution in [1.29, 1.82) is 0 Å². The summed E-state index contributed by atoms with van der Waals surface area (Å²) in [6.45, 7) is 6.68. The SMILES string of the molecule is CC(C)[C@H]1CC[C@H](C)C[C@@H]1OC(=O)C1OC2(CCCC2)Oc2c(Cl)cccc21. The molecule has 0 radical (unpaired) electrons. The number of fused-ring (bicyclic) bond motifs is 1. The van der Waals surface area contributed by atoms with Crippen molar-refractivity contribution in [1.82, 2.24) is 0 Å². The smallest absolute Gasteiger partial charge is 0.340 e. The molecule has 2 fully saturated rings. The second-order valence-electron chi connectivity index (χ2n) is 9.18. The molecule has 1 aromatic rings. The molecule has 5 heteroatoms. The van der Waals surface area contributed by atoms with Crippen molar-refractivity contribution in [2.75, 3.05) is 0 Å². The van der Waals surface area contributed by atoms with Gasteiger partial charge in [-0.25, -0.2) is 4.79 Å². The summed E-state index contributed by atoms with van der Waals surface area (Å²) < 4.78 is 18.6. The summed E-state index contributed by atoms with van der Waals surface area (Å²) in [5.74, 6) is 0.993. The van der Waals surface area contributed by atoms with E-state index in [2.05, 4.69) is 20.8 Å². The van der Waals surface area contributed by atoms with Gasteiger partial charge in [0.1, 0.15) is 11.9 Å². The van der Waals surface area contributed by atoms with E-state index >= 15 is 0 Å². The third kappa shape index (κ3) is 3.78. The van der Waals surface area contributed by atoms with E-state index in [1.54, 1.807) is 6.07 Å². The number of para-hydroxylation sites is 1. The van der Waals surface area contributed by atoms with Crippen LogP contribution in [0.15, 0.2) is 18.2 Å². The van der Waals surface area contributed by atoms with E-state index < -0.39 is 11.9 Å². The van der Waals surface area contributed by atoms with E-state index in [4.69, 9.17) is 25.8 Å². The van der Waals surface area contributed by atoms with Crippen LogP contribution in [0.25, 0.3) is 0 Å². The van der Waals surface area contributed by atoms with Gasteiger partial charge < -0.3 is 14.2 Å². The van der Waals surface area contributed by atoms with Gasteiger partial charge in [-0.2, -0.15) is 0 Å². The Morgan fingerprint density at radius 1 is 1.25 bits per heavy atom. The lowest BCUT2D eigenvalue weighted by Gasteiger charge is -2.41. The highest BCUT2D eigenvalue weighted by molar-refractivity contribution is 6.32. The number of carbonyl (C=O) groups is 1. The molecular weight excluding hydrogens is 376 g/mol. The predicted molar refractivity (Wildman–Crippen MR) is 108 cm³/mol. The Morgan fingerprint density at radius 2 is 2.00 bits per heavy atom. The van der Waals surface area contributed by atoms with E-state index in [1.807, 2.05) is 12.1 Å². The molecule has 1 unspecified atom stereocenters. The average molecular weight is 407 g/mol. The second-order valence-corrected chi connectivity index (χ2v) is 9.58. The van der Waals surface area contributed by atoms with Crippen LogP contribution in [0.1, 0.15) is 77.4 Å². The fourth-order valence-electron chi connectivity index (χ4n) is 5.10. The normalized spacial score (nSPS) is 31.5. The first-order valence-corrected chi connectivity index (χ1v) is 11.1. The Labute approximate surface area is 172 Å². The number of esters is 1. The quantitative estimate of drug-likeness (QED) is 0.572. The Kier molecular flexibility index (Phi) is 5.63. The lowest BCUT2D eigenvalue weighted by molar-refractivity contribution is -0.237. The molecule has 0 saturated heterocycles. The van der Waals surface area contributed by atoms with Gasteiger partial charge in [-0.1, -0.05) is 50.9 Å². The van der Waals surface area contributed by atoms with Crippen molar-refractivity contribution in [3.05, 3.63) is 28.8 Å². The van der Waals surface area contributed by atoms with E-state index in [9.17, 15) is 4.79 Å². The monoisotopic (exact) mass is 406 g/mol. The minimum Gasteiger partial charge on any atom is -0.460 e. The van der Waals surface area contributed by atoms with Crippen LogP contribution in [0.2, 0.25) is 5.02 Å². The second kappa shape index (κ2) is 7.87. The first-order valence-electron chi connectivity index (χ1n) is 10.7. The molecule has 1 aromatic carbocycles. The third-order valence-corrected chi connectivity index (χ3v) is 7.01. The lowest BCUT2D eigenvalue weighted by Crippen LogP contribution is -2.45. The van der Waals surface area contributed by atoms with Crippen LogP contribution in [0.5, 0.6) is 5.75 Å². The number of carbonyl (C=O) groups excluding carboxylic acids is 1. The van der Waals surface area contributed by atoms with Gasteiger partial charge in [-0.3, -0.25) is 0 Å². The van der Waals surface area contributed by atoms with E-state index in [0.29, 0.717) is 34.1 Å². The fourth-order valence-corrected chi connectivity index (χ4v) is 5.32. The van der Waals surface area contributed by atoms with E-state index in [1.165, 1.54) is 6.42 Å². The molecule has 28 heavy (non-hydrogen) atoms. The average Bonchev–Trinajstić information content (AvgIpc) is 3.09. The fraction of sp³-hybridized carbons (Fsp3) is 0.696. The molecule has 1 aliphatic heterocycles. The largest absolute Gasteiger partial charge is 0.460 e. The Hall–Kier alpha value is -1.26. The van der Waals surface area contributed by atoms with Crippen LogP contribution >= 0.6 is 11.6 Å². The summed E-state index contributed by atoms with van der Waals surface area (Å²) in [4.78, 5) is 13.3. The van der Waals surface area contributed by atoms with Gasteiger partial charge in [0.05, 0.1) is 5.02 Å². The highest BCUT2D eigenvalue weighted by atomic mass is 35.5. The van der Waals surface area contributed by atoms with Crippen LogP contribution in [0.3, 0.4) is 0 Å². The standard InChI is InChI=1S/C23H31ClO4/c1-14(2)16-10-9-15(3)13-19(16)26-22(25)21-17-7-6-8-18(24)20(17)27-23(28-21)11-4-5-12-23/h6-8,14-16,19,21H,4-5,9-13H2,1-3H3/t15-,16+,19-,21?/m0/s1. The number of rotatable bonds is 3. The number of hydrogen-bond donors (Lipinski definition) is 0. The third-order valence-electron chi connectivity index (χ3n) is 6.71. The van der Waals surface area contributed by atoms with Crippen molar-refractivity contribution in [2.24, 2.45) is 17.8 Å². The van der Waals surface area contributed by atoms with Gasteiger partial charge in [-0.15, -0.1) is 0 Å². The highest BCUT2D eigenvalue weighted by Gasteiger charge is 2.48. The molecular formula is C23H31ClO4. The summed E-state index contributed by atoms with van der Waals surface area (Å²) in [6, 6.07) is 5.49. The van der Waals surface area contributed by atoms with Crippen molar-refractivity contribution in [3.8, 4) is 5.75 Å². The molecule has 0 bridgehead atoms. The summed E-state index contributed by atoms with van der Waals surface area (Å²) in [5, 5.41) is 0.524. The van der Waals surface area contributed by atoms with Gasteiger partial charge in [0.15, 0.2) is 6.10 Å². The summed E-state index contributed by atoms with van der Waals surface area (Å²) in [6.07, 6.45) is 6.01. The minimum atomic E-state index is -0.773. The Morgan fingerprint density at radius 3 is 2.71 bits per heavy atom. The van der Waals surface area contributed by atoms with Crippen molar-refractivity contribution in [2.45, 2.75) is 83.7 Å². The zero-order valence-electron chi connectivity index (χ0n) is 17.1. The maximum absolute atomic E-state index is 13.3. The van der Waals surface area contributed by atoms with Gasteiger partial charge >= 0.3 is 5.97 Å². The summed E-state index contributed by atoms with van der Waals surface area (Å²) >= 11 is 6.42. The molecule has 0 amide bonds. The molecule has 3 aliphatic rings. The first-order chi connectivity index (χ1) is 13.4. The first kappa shape index (κ1) is 20.0. The Bertz CT molecular complexity index is 725. The zero-order valence-corrected chi connectivity index (χ0v) is 17.8. The van der Waals surface area contributed by atoms with Gasteiger partial charge in [0, 0.05) is 18.4 Å². The van der Waals surface area contributed by atoms with Crippen LogP contribution < -0.4 is 4.74 Å². The van der Waals surface area contributed by atoms with Crippen LogP contribution in [-0.4, -0.2) is 17.9 Å². The molecule has 154 valence electrons. The molecule has 1 heterocycles.